The molecule has 1 aliphatic carbocycles. The zero-order valence-corrected chi connectivity index (χ0v) is 14.5. The van der Waals surface area contributed by atoms with E-state index in [1.54, 1.807) is 4.90 Å². The average molecular weight is 353 g/mol. The smallest absolute Gasteiger partial charge is 0.306 e. The molecule has 1 saturated carbocycles. The van der Waals surface area contributed by atoms with E-state index in [1.807, 2.05) is 0 Å². The Morgan fingerprint density at radius 3 is 2.32 bits per heavy atom. The molecular weight excluding hydrogens is 326 g/mol. The van der Waals surface area contributed by atoms with Crippen LogP contribution >= 0.6 is 0 Å². The minimum atomic E-state index is -0.940. The number of hydrogen-bond donors (Lipinski definition) is 4. The number of nitrogens with zero attached hydrogens (tertiary/aromatic N) is 2. The van der Waals surface area contributed by atoms with Gasteiger partial charge in [0.1, 0.15) is 6.04 Å². The zero-order valence-electron chi connectivity index (χ0n) is 14.5. The van der Waals surface area contributed by atoms with E-state index in [4.69, 9.17) is 11.5 Å². The first-order valence-corrected chi connectivity index (χ1v) is 8.67. The molecule has 2 unspecified atom stereocenters. The largest absolute Gasteiger partial charge is 0.481 e. The van der Waals surface area contributed by atoms with Gasteiger partial charge in [-0.15, -0.1) is 0 Å². The van der Waals surface area contributed by atoms with Crippen molar-refractivity contribution in [2.75, 3.05) is 13.1 Å². The minimum absolute atomic E-state index is 0.145. The summed E-state index contributed by atoms with van der Waals surface area (Å²) in [6.07, 6.45) is 3.44. The van der Waals surface area contributed by atoms with E-state index in [0.717, 1.165) is 19.3 Å². The van der Waals surface area contributed by atoms with E-state index in [0.29, 0.717) is 13.1 Å². The minimum Gasteiger partial charge on any atom is -0.481 e. The van der Waals surface area contributed by atoms with Crippen LogP contribution in [0.25, 0.3) is 0 Å². The van der Waals surface area contributed by atoms with E-state index in [2.05, 4.69) is 10.3 Å². The van der Waals surface area contributed by atoms with Gasteiger partial charge in [0.15, 0.2) is 5.96 Å². The molecule has 0 bridgehead atoms. The van der Waals surface area contributed by atoms with Gasteiger partial charge >= 0.3 is 5.97 Å². The van der Waals surface area contributed by atoms with Gasteiger partial charge in [-0.2, -0.15) is 0 Å². The van der Waals surface area contributed by atoms with Gasteiger partial charge in [-0.1, -0.05) is 0 Å². The van der Waals surface area contributed by atoms with E-state index in [-0.39, 0.29) is 30.6 Å². The number of carbonyl (C=O) groups excluding carboxylic acids is 2. The highest BCUT2D eigenvalue weighted by Crippen LogP contribution is 2.36. The third-order valence-corrected chi connectivity index (χ3v) is 4.96. The van der Waals surface area contributed by atoms with Crippen LogP contribution in [0.1, 0.15) is 39.0 Å². The molecular formula is C16H27N5O4. The summed E-state index contributed by atoms with van der Waals surface area (Å²) >= 11 is 0. The summed E-state index contributed by atoms with van der Waals surface area (Å²) in [5.74, 6) is -2.68. The van der Waals surface area contributed by atoms with Gasteiger partial charge in [-0.05, 0) is 32.1 Å². The van der Waals surface area contributed by atoms with E-state index >= 15 is 0 Å². The molecule has 9 nitrogen and oxygen atoms in total. The summed E-state index contributed by atoms with van der Waals surface area (Å²) in [4.78, 5) is 41.9. The van der Waals surface area contributed by atoms with Crippen LogP contribution in [0, 0.1) is 11.8 Å². The second kappa shape index (κ2) is 8.17. The Kier molecular flexibility index (Phi) is 6.22. The molecule has 0 radical (unpaired) electrons. The van der Waals surface area contributed by atoms with Crippen molar-refractivity contribution < 1.29 is 19.5 Å². The predicted molar refractivity (Wildman–Crippen MR) is 91.5 cm³/mol. The Bertz CT molecular complexity index is 555. The lowest BCUT2D eigenvalue weighted by molar-refractivity contribution is -0.142. The van der Waals surface area contributed by atoms with Gasteiger partial charge in [0.2, 0.25) is 11.8 Å². The van der Waals surface area contributed by atoms with Gasteiger partial charge in [-0.3, -0.25) is 14.4 Å². The molecule has 1 saturated heterocycles. The van der Waals surface area contributed by atoms with Gasteiger partial charge in [0, 0.05) is 25.9 Å². The Labute approximate surface area is 146 Å². The van der Waals surface area contributed by atoms with Crippen molar-refractivity contribution in [3.8, 4) is 0 Å². The Morgan fingerprint density at radius 2 is 1.80 bits per heavy atom. The van der Waals surface area contributed by atoms with Crippen LogP contribution in [0.4, 0.5) is 0 Å². The number of carboxylic acids is 1. The highest BCUT2D eigenvalue weighted by molar-refractivity contribution is 5.87. The monoisotopic (exact) mass is 353 g/mol. The number of amides is 2. The number of guanidine groups is 1. The second-order valence-corrected chi connectivity index (χ2v) is 6.86. The van der Waals surface area contributed by atoms with Crippen LogP contribution in [0.5, 0.6) is 0 Å². The Hall–Kier alpha value is -2.32. The summed E-state index contributed by atoms with van der Waals surface area (Å²) in [5, 5.41) is 12.0. The molecule has 0 aromatic carbocycles. The molecule has 2 aliphatic rings. The van der Waals surface area contributed by atoms with Gasteiger partial charge in [0.25, 0.3) is 0 Å². The number of likely N-dealkylation sites (tertiary alicyclic amines) is 1. The van der Waals surface area contributed by atoms with Crippen molar-refractivity contribution in [2.24, 2.45) is 28.3 Å². The molecule has 6 N–H and O–H groups in total. The fourth-order valence-electron chi connectivity index (χ4n) is 3.83. The maximum absolute atomic E-state index is 13.0. The summed E-state index contributed by atoms with van der Waals surface area (Å²) in [6, 6.07) is -1.32. The molecule has 1 heterocycles. The first-order valence-electron chi connectivity index (χ1n) is 8.67. The van der Waals surface area contributed by atoms with Crippen molar-refractivity contribution in [3.05, 3.63) is 0 Å². The molecule has 25 heavy (non-hydrogen) atoms. The van der Waals surface area contributed by atoms with Crippen molar-refractivity contribution in [1.29, 1.82) is 0 Å². The first-order chi connectivity index (χ1) is 11.8. The quantitative estimate of drug-likeness (QED) is 0.377. The van der Waals surface area contributed by atoms with Crippen molar-refractivity contribution in [1.82, 2.24) is 10.2 Å². The number of nitrogens with two attached hydrogens (primary N) is 2. The lowest BCUT2D eigenvalue weighted by atomic mass is 9.92. The number of aliphatic carboxylic acids is 1. The standard InChI is InChI=1S/C16H27N5O4/c1-9(22)19-13(14(23)21-5-3-2-4-6-21)11-7-10(15(24)25)8-12(11)20-16(17)18/h10-13H,2-8H2,1H3,(H,19,22)(H,24,25)(H4,17,18,20)/t10?,11-,12-,13?/m0/s1. The molecule has 9 heteroatoms. The van der Waals surface area contributed by atoms with Crippen LogP contribution in [0.15, 0.2) is 4.99 Å². The normalized spacial score (nSPS) is 27.4. The van der Waals surface area contributed by atoms with Crippen LogP contribution < -0.4 is 16.8 Å². The number of piperidine rings is 1. The summed E-state index contributed by atoms with van der Waals surface area (Å²) in [6.45, 7) is 2.64. The van der Waals surface area contributed by atoms with E-state index in [1.165, 1.54) is 6.92 Å². The molecule has 2 fully saturated rings. The Morgan fingerprint density at radius 1 is 1.16 bits per heavy atom. The van der Waals surface area contributed by atoms with Crippen molar-refractivity contribution in [3.63, 3.8) is 0 Å². The number of carboxylic acid groups (broad SMARTS) is 1. The maximum atomic E-state index is 13.0. The van der Waals surface area contributed by atoms with Crippen LogP contribution in [-0.4, -0.2) is 58.9 Å². The molecule has 140 valence electrons. The molecule has 0 aromatic heterocycles. The highest BCUT2D eigenvalue weighted by atomic mass is 16.4. The van der Waals surface area contributed by atoms with Crippen LogP contribution in [0.3, 0.4) is 0 Å². The third-order valence-electron chi connectivity index (χ3n) is 4.96. The molecule has 2 rings (SSSR count). The topological polar surface area (TPSA) is 151 Å². The first kappa shape index (κ1) is 19.0. The van der Waals surface area contributed by atoms with Gasteiger partial charge < -0.3 is 26.8 Å². The van der Waals surface area contributed by atoms with Gasteiger partial charge in [0.05, 0.1) is 12.0 Å². The number of nitrogens with one attached hydrogen (secondary N) is 1. The molecule has 1 aliphatic heterocycles. The number of carbonyl (C=O) groups is 3. The summed E-state index contributed by atoms with van der Waals surface area (Å²) in [5.41, 5.74) is 10.9. The van der Waals surface area contributed by atoms with Crippen molar-refractivity contribution >= 4 is 23.7 Å². The average Bonchev–Trinajstić information content (AvgIpc) is 2.95. The summed E-state index contributed by atoms with van der Waals surface area (Å²) in [7, 11) is 0. The molecule has 4 atom stereocenters. The SMILES string of the molecule is CC(=O)NC(C(=O)N1CCCCC1)[C@H]1CC(C(=O)O)C[C@@H]1N=C(N)N. The second-order valence-electron chi connectivity index (χ2n) is 6.86. The number of aliphatic imine (C=N–C) groups is 1. The fourth-order valence-corrected chi connectivity index (χ4v) is 3.83. The maximum Gasteiger partial charge on any atom is 0.306 e. The fraction of sp³-hybridized carbons (Fsp3) is 0.750. The van der Waals surface area contributed by atoms with E-state index in [9.17, 15) is 19.5 Å². The lowest BCUT2D eigenvalue weighted by Gasteiger charge is -2.34. The lowest BCUT2D eigenvalue weighted by Crippen LogP contribution is -2.54. The van der Waals surface area contributed by atoms with E-state index < -0.39 is 29.9 Å². The summed E-state index contributed by atoms with van der Waals surface area (Å²) < 4.78 is 0. The molecule has 2 amide bonds. The zero-order chi connectivity index (χ0) is 18.6. The number of hydrogen-bond acceptors (Lipinski definition) is 4. The molecule has 0 spiro atoms. The molecule has 0 aromatic rings. The predicted octanol–water partition coefficient (Wildman–Crippen LogP) is -0.744. The van der Waals surface area contributed by atoms with Crippen LogP contribution in [0.2, 0.25) is 0 Å². The Balaban J connectivity index is 2.26. The van der Waals surface area contributed by atoms with Crippen molar-refractivity contribution in [2.45, 2.75) is 51.1 Å². The third kappa shape index (κ3) is 4.83. The van der Waals surface area contributed by atoms with Gasteiger partial charge in [-0.25, -0.2) is 4.99 Å². The van der Waals surface area contributed by atoms with Crippen LogP contribution in [-0.2, 0) is 14.4 Å². The number of rotatable bonds is 5. The highest BCUT2D eigenvalue weighted by Gasteiger charge is 2.45.